The maximum absolute atomic E-state index is 13.5. The van der Waals surface area contributed by atoms with Crippen molar-refractivity contribution in [1.82, 2.24) is 20.3 Å². The number of rotatable bonds is 3. The van der Waals surface area contributed by atoms with Crippen LogP contribution in [0.4, 0.5) is 10.1 Å². The number of halogens is 2. The summed E-state index contributed by atoms with van der Waals surface area (Å²) in [5, 5.41) is 13.5. The van der Waals surface area contributed by atoms with Gasteiger partial charge in [-0.05, 0) is 18.2 Å². The van der Waals surface area contributed by atoms with Crippen LogP contribution in [0.5, 0.6) is 0 Å². The Bertz CT molecular complexity index is 655. The predicted octanol–water partition coefficient (Wildman–Crippen LogP) is 1.47. The molecule has 0 saturated carbocycles. The lowest BCUT2D eigenvalue weighted by molar-refractivity contribution is 0.102. The van der Waals surface area contributed by atoms with Crippen LogP contribution in [-0.2, 0) is 0 Å². The maximum atomic E-state index is 13.5. The Hall–Kier alpha value is -1.99. The van der Waals surface area contributed by atoms with Gasteiger partial charge in [-0.15, -0.1) is 5.10 Å². The van der Waals surface area contributed by atoms with E-state index in [1.54, 1.807) is 10.9 Å². The number of carbonyl (C=O) groups excluding carboxylic acids is 1. The molecular weight excluding hydrogens is 285 g/mol. The van der Waals surface area contributed by atoms with Gasteiger partial charge < -0.3 is 10.6 Å². The zero-order valence-corrected chi connectivity index (χ0v) is 11.1. The Morgan fingerprint density at radius 2 is 2.30 bits per heavy atom. The van der Waals surface area contributed by atoms with E-state index >= 15 is 0 Å². The number of nitrogens with one attached hydrogen (secondary N) is 2. The van der Waals surface area contributed by atoms with Crippen molar-refractivity contribution in [3.05, 3.63) is 40.9 Å². The second-order valence-corrected chi connectivity index (χ2v) is 4.91. The molecule has 2 aromatic rings. The van der Waals surface area contributed by atoms with Crippen LogP contribution < -0.4 is 10.6 Å². The van der Waals surface area contributed by atoms with Gasteiger partial charge in [-0.25, -0.2) is 9.07 Å². The second kappa shape index (κ2) is 5.18. The summed E-state index contributed by atoms with van der Waals surface area (Å²) in [6.45, 7) is 1.60. The van der Waals surface area contributed by atoms with Crippen molar-refractivity contribution in [3.63, 3.8) is 0 Å². The average Bonchev–Trinajstić information content (AvgIpc) is 2.81. The molecule has 2 N–H and O–H groups in total. The third-order valence-corrected chi connectivity index (χ3v) is 3.29. The normalized spacial score (nSPS) is 14.9. The molecule has 1 fully saturated rings. The Kier molecular flexibility index (Phi) is 3.37. The summed E-state index contributed by atoms with van der Waals surface area (Å²) >= 11 is 5.76. The molecule has 2 heterocycles. The monoisotopic (exact) mass is 295 g/mol. The Balaban J connectivity index is 1.75. The molecule has 0 radical (unpaired) electrons. The van der Waals surface area contributed by atoms with Crippen LogP contribution in [0.1, 0.15) is 16.5 Å². The molecule has 1 aliphatic heterocycles. The molecule has 1 aromatic carbocycles. The molecule has 1 aromatic heterocycles. The zero-order chi connectivity index (χ0) is 14.1. The fourth-order valence-electron chi connectivity index (χ4n) is 1.80. The number of hydrogen-bond acceptors (Lipinski definition) is 4. The maximum Gasteiger partial charge on any atom is 0.277 e. The molecular formula is C12H11ClFN5O. The lowest BCUT2D eigenvalue weighted by Crippen LogP contribution is -2.43. The molecule has 0 spiro atoms. The fraction of sp³-hybridized carbons (Fsp3) is 0.250. The van der Waals surface area contributed by atoms with Gasteiger partial charge in [-0.1, -0.05) is 16.8 Å². The molecule has 1 saturated heterocycles. The highest BCUT2D eigenvalue weighted by atomic mass is 35.5. The van der Waals surface area contributed by atoms with E-state index in [1.165, 1.54) is 18.2 Å². The Labute approximate surface area is 118 Å². The van der Waals surface area contributed by atoms with Gasteiger partial charge in [0, 0.05) is 18.1 Å². The van der Waals surface area contributed by atoms with E-state index in [-0.39, 0.29) is 17.4 Å². The quantitative estimate of drug-likeness (QED) is 0.899. The van der Waals surface area contributed by atoms with Gasteiger partial charge in [0.2, 0.25) is 0 Å². The average molecular weight is 296 g/mol. The van der Waals surface area contributed by atoms with Gasteiger partial charge in [-0.3, -0.25) is 4.79 Å². The van der Waals surface area contributed by atoms with Crippen LogP contribution in [0.3, 0.4) is 0 Å². The van der Waals surface area contributed by atoms with Gasteiger partial charge >= 0.3 is 0 Å². The SMILES string of the molecule is O=C(Nc1cc(Cl)ccc1F)c1cn(C2CNC2)nn1. The zero-order valence-electron chi connectivity index (χ0n) is 10.3. The van der Waals surface area contributed by atoms with E-state index in [9.17, 15) is 9.18 Å². The van der Waals surface area contributed by atoms with Crippen LogP contribution in [0.15, 0.2) is 24.4 Å². The number of amides is 1. The van der Waals surface area contributed by atoms with Crippen molar-refractivity contribution in [1.29, 1.82) is 0 Å². The topological polar surface area (TPSA) is 71.8 Å². The lowest BCUT2D eigenvalue weighted by atomic mass is 10.2. The molecule has 1 aliphatic rings. The van der Waals surface area contributed by atoms with E-state index in [0.29, 0.717) is 5.02 Å². The van der Waals surface area contributed by atoms with Gasteiger partial charge in [0.25, 0.3) is 5.91 Å². The highest BCUT2D eigenvalue weighted by Crippen LogP contribution is 2.20. The van der Waals surface area contributed by atoms with Gasteiger partial charge in [-0.2, -0.15) is 0 Å². The van der Waals surface area contributed by atoms with Crippen LogP contribution in [0.2, 0.25) is 5.02 Å². The number of hydrogen-bond donors (Lipinski definition) is 2. The first-order chi connectivity index (χ1) is 9.63. The fourth-order valence-corrected chi connectivity index (χ4v) is 1.97. The summed E-state index contributed by atoms with van der Waals surface area (Å²) in [4.78, 5) is 12.0. The van der Waals surface area contributed by atoms with Gasteiger partial charge in [0.15, 0.2) is 5.69 Å². The van der Waals surface area contributed by atoms with Crippen molar-refractivity contribution < 1.29 is 9.18 Å². The summed E-state index contributed by atoms with van der Waals surface area (Å²) in [5.41, 5.74) is 0.152. The molecule has 0 bridgehead atoms. The van der Waals surface area contributed by atoms with E-state index in [2.05, 4.69) is 20.9 Å². The molecule has 8 heteroatoms. The first kappa shape index (κ1) is 13.0. The lowest BCUT2D eigenvalue weighted by Gasteiger charge is -2.26. The Morgan fingerprint density at radius 3 is 3.00 bits per heavy atom. The van der Waals surface area contributed by atoms with Crippen molar-refractivity contribution >= 4 is 23.2 Å². The molecule has 6 nitrogen and oxygen atoms in total. The second-order valence-electron chi connectivity index (χ2n) is 4.47. The van der Waals surface area contributed by atoms with E-state index in [1.807, 2.05) is 0 Å². The van der Waals surface area contributed by atoms with Crippen molar-refractivity contribution in [2.45, 2.75) is 6.04 Å². The molecule has 3 rings (SSSR count). The van der Waals surface area contributed by atoms with E-state index < -0.39 is 11.7 Å². The van der Waals surface area contributed by atoms with Crippen molar-refractivity contribution in [3.8, 4) is 0 Å². The third-order valence-electron chi connectivity index (χ3n) is 3.05. The number of anilines is 1. The number of carbonyl (C=O) groups is 1. The largest absolute Gasteiger partial charge is 0.318 e. The van der Waals surface area contributed by atoms with E-state index in [0.717, 1.165) is 13.1 Å². The standard InChI is InChI=1S/C12H11ClFN5O/c13-7-1-2-9(14)10(3-7)16-12(20)11-6-19(18-17-11)8-4-15-5-8/h1-3,6,8,15H,4-5H2,(H,16,20). The van der Waals surface area contributed by atoms with Crippen LogP contribution in [-0.4, -0.2) is 34.0 Å². The van der Waals surface area contributed by atoms with E-state index in [4.69, 9.17) is 11.6 Å². The van der Waals surface area contributed by atoms with Crippen LogP contribution in [0.25, 0.3) is 0 Å². The Morgan fingerprint density at radius 1 is 1.50 bits per heavy atom. The van der Waals surface area contributed by atoms with Crippen LogP contribution in [0, 0.1) is 5.82 Å². The highest BCUT2D eigenvalue weighted by Gasteiger charge is 2.22. The van der Waals surface area contributed by atoms with Crippen LogP contribution >= 0.6 is 11.6 Å². The summed E-state index contributed by atoms with van der Waals surface area (Å²) < 4.78 is 15.1. The summed E-state index contributed by atoms with van der Waals surface area (Å²) in [5.74, 6) is -1.08. The molecule has 104 valence electrons. The molecule has 20 heavy (non-hydrogen) atoms. The minimum atomic E-state index is -0.557. The molecule has 0 aliphatic carbocycles. The highest BCUT2D eigenvalue weighted by molar-refractivity contribution is 6.31. The molecule has 0 unspecified atom stereocenters. The summed E-state index contributed by atoms with van der Waals surface area (Å²) in [7, 11) is 0. The van der Waals surface area contributed by atoms with Gasteiger partial charge in [0.1, 0.15) is 5.82 Å². The predicted molar refractivity (Wildman–Crippen MR) is 71.3 cm³/mol. The molecule has 0 atom stereocenters. The summed E-state index contributed by atoms with van der Waals surface area (Å²) in [6.07, 6.45) is 1.54. The van der Waals surface area contributed by atoms with Crippen molar-refractivity contribution in [2.75, 3.05) is 18.4 Å². The third kappa shape index (κ3) is 2.50. The van der Waals surface area contributed by atoms with Crippen molar-refractivity contribution in [2.24, 2.45) is 0 Å². The first-order valence-electron chi connectivity index (χ1n) is 6.02. The summed E-state index contributed by atoms with van der Waals surface area (Å²) in [6, 6.07) is 4.16. The number of benzene rings is 1. The molecule has 1 amide bonds. The van der Waals surface area contributed by atoms with Gasteiger partial charge in [0.05, 0.1) is 17.9 Å². The number of aromatic nitrogens is 3. The number of nitrogens with zero attached hydrogens (tertiary/aromatic N) is 3. The minimum Gasteiger partial charge on any atom is -0.318 e. The smallest absolute Gasteiger partial charge is 0.277 e. The first-order valence-corrected chi connectivity index (χ1v) is 6.40. The minimum absolute atomic E-state index is 0.0161.